The van der Waals surface area contributed by atoms with E-state index >= 15 is 0 Å². The van der Waals surface area contributed by atoms with Gasteiger partial charge in [-0.1, -0.05) is 113 Å². The van der Waals surface area contributed by atoms with Gasteiger partial charge in [0.05, 0.1) is 52.1 Å². The summed E-state index contributed by atoms with van der Waals surface area (Å²) in [6.07, 6.45) is 13.3. The van der Waals surface area contributed by atoms with Crippen LogP contribution in [0, 0.1) is 113 Å². The zero-order chi connectivity index (χ0) is 84.9. The van der Waals surface area contributed by atoms with Crippen LogP contribution >= 0.6 is 0 Å². The van der Waals surface area contributed by atoms with Crippen LogP contribution < -0.4 is 5.32 Å². The summed E-state index contributed by atoms with van der Waals surface area (Å²) in [7, 11) is 1.82. The van der Waals surface area contributed by atoms with Crippen LogP contribution in [0.3, 0.4) is 0 Å². The fraction of sp³-hybridized carbons (Fsp3) is 0.157. The van der Waals surface area contributed by atoms with E-state index in [1.807, 2.05) is 13.1 Å². The summed E-state index contributed by atoms with van der Waals surface area (Å²) in [5, 5.41) is 44.8. The minimum atomic E-state index is -1.88. The Balaban J connectivity index is -0.000000403. The summed E-state index contributed by atoms with van der Waals surface area (Å²) in [5.74, 6) is -14.9. The van der Waals surface area contributed by atoms with Gasteiger partial charge >= 0.3 is 0 Å². The molecule has 34 heteroatoms. The van der Waals surface area contributed by atoms with Gasteiger partial charge in [-0.2, -0.15) is 0 Å². The number of halogens is 13. The summed E-state index contributed by atoms with van der Waals surface area (Å²) < 4.78 is 169. The quantitative estimate of drug-likeness (QED) is 0.0166. The first-order chi connectivity index (χ1) is 52.6. The van der Waals surface area contributed by atoms with Crippen molar-refractivity contribution in [3.8, 4) is 56.3 Å². The van der Waals surface area contributed by atoms with Crippen molar-refractivity contribution in [2.75, 3.05) is 7.05 Å². The third kappa shape index (κ3) is 47.9. The molecule has 16 nitrogen and oxygen atoms in total. The van der Waals surface area contributed by atoms with Gasteiger partial charge in [0.25, 0.3) is 0 Å². The number of nitrogens with zero attached hydrogens (tertiary/aromatic N) is 5. The molecule has 0 aliphatic heterocycles. The molecular formula is C83H74F13Ir5N6O10-5. The molecule has 117 heavy (non-hydrogen) atoms. The monoisotopic (exact) mass is 2530 g/mol. The number of aromatic nitrogens is 5. The number of ketones is 5. The Morgan fingerprint density at radius 2 is 0.641 bits per heavy atom. The summed E-state index contributed by atoms with van der Waals surface area (Å²) in [5.41, 5.74) is 2.41. The number of nitrogens with one attached hydrogen (secondary N) is 1. The number of aliphatic hydroxyl groups is 5. The normalized spacial score (nSPS) is 10.2. The Morgan fingerprint density at radius 1 is 0.342 bits per heavy atom. The first-order valence-electron chi connectivity index (χ1n) is 32.2. The fourth-order valence-electron chi connectivity index (χ4n) is 7.87. The zero-order valence-corrected chi connectivity index (χ0v) is 75.6. The molecule has 0 aliphatic carbocycles. The first kappa shape index (κ1) is 116. The number of hydrogen-bond donors (Lipinski definition) is 6. The summed E-state index contributed by atoms with van der Waals surface area (Å²) >= 11 is 0. The molecule has 5 aromatic heterocycles. The average molecular weight is 2520 g/mol. The number of pyridine rings is 5. The van der Waals surface area contributed by atoms with Gasteiger partial charge in [0.1, 0.15) is 17.5 Å². The standard InChI is InChI=1S/C13H11F2N2.C12H8F2N.C11H4F4N.C11H5F3N.C11H6F2N.5C5H8O2.5Ir/c1-16-8-9-4-5-17-13(6-9)11-3-2-10(14)7-12(11)15;1-8-10(13)6-5-9(12(8)14)11-4-2-3-7-15-11;12-7-5-6(8-3-1-2-4-16-8)9(13)11(15)10(7)14;12-8-5-4-7(10(13)11(8)14)9-3-1-2-6-15-9;12-8-4-5-9(10(13)7-8)11-3-1-2-6-14-11;5*1-4(6)3-5(2)7;;;;;/h2,4-7,16H,8H2,1H3;2-4,6-7H,1H3;1-4H;1-3,5-6H;1-4,6-7H;5*3,6H,1-2H3;;;;;/q5*-1;;;;;;;;;;. The Labute approximate surface area is 735 Å². The number of hydrogen-bond acceptors (Lipinski definition) is 16. The zero-order valence-electron chi connectivity index (χ0n) is 63.6. The number of rotatable bonds is 12. The molecule has 0 aliphatic rings. The SMILES string of the molecule is CC(=O)C=C(C)O.CC(=O)C=C(C)O.CC(=O)C=C(C)O.CC(=O)C=C(C)O.CC(=O)C=C(C)O.CNCc1ccnc(-c2[c-]cc(F)cc2F)c1.Cc1c(F)c[c-]c(-c2ccccn2)c1F.Fc1[c-]c(-c2ccccn2)c(F)c(F)c1F.Fc1c[c-]c(-c2ccccn2)c(F)c1.Fc1c[c-]c(-c2ccccn2)c(F)c1F.[Ir].[Ir].[Ir].[Ir].[Ir]. The van der Waals surface area contributed by atoms with Crippen LogP contribution in [0.15, 0.2) is 211 Å². The van der Waals surface area contributed by atoms with Crippen LogP contribution in [-0.4, -0.2) is 86.4 Å². The first-order valence-corrected chi connectivity index (χ1v) is 32.2. The van der Waals surface area contributed by atoms with Gasteiger partial charge in [0.2, 0.25) is 0 Å². The third-order valence-corrected chi connectivity index (χ3v) is 12.2. The molecule has 6 N–H and O–H groups in total. The van der Waals surface area contributed by atoms with Crippen molar-refractivity contribution in [1.29, 1.82) is 0 Å². The van der Waals surface area contributed by atoms with Crippen molar-refractivity contribution in [2.24, 2.45) is 0 Å². The molecule has 0 fully saturated rings. The van der Waals surface area contributed by atoms with E-state index in [2.05, 4.69) is 54.5 Å². The summed E-state index contributed by atoms with van der Waals surface area (Å²) in [6.45, 7) is 16.3. The Bertz CT molecular complexity index is 4640. The number of carbonyl (C=O) groups excluding carboxylic acids is 5. The topological polar surface area (TPSA) is 263 Å². The molecule has 637 valence electrons. The number of carbonyl (C=O) groups is 5. The molecular weight excluding hydrogens is 2450 g/mol. The molecule has 0 bridgehead atoms. The van der Waals surface area contributed by atoms with E-state index in [0.29, 0.717) is 23.6 Å². The van der Waals surface area contributed by atoms with Gasteiger partial charge < -0.3 is 55.8 Å². The summed E-state index contributed by atoms with van der Waals surface area (Å²) in [4.78, 5) is 69.6. The van der Waals surface area contributed by atoms with Crippen molar-refractivity contribution in [3.05, 3.63) is 329 Å². The molecule has 0 saturated heterocycles. The van der Waals surface area contributed by atoms with Crippen molar-refractivity contribution >= 4 is 28.9 Å². The van der Waals surface area contributed by atoms with E-state index < -0.39 is 81.2 Å². The molecule has 0 atom stereocenters. The van der Waals surface area contributed by atoms with Crippen LogP contribution in [0.1, 0.15) is 80.4 Å². The second-order valence-corrected chi connectivity index (χ2v) is 22.3. The van der Waals surface area contributed by atoms with Crippen LogP contribution in [0.4, 0.5) is 57.1 Å². The van der Waals surface area contributed by atoms with Crippen LogP contribution in [-0.2, 0) is 131 Å². The van der Waals surface area contributed by atoms with E-state index in [0.717, 1.165) is 42.0 Å². The second kappa shape index (κ2) is 62.4. The van der Waals surface area contributed by atoms with Gasteiger partial charge in [0.15, 0.2) is 28.9 Å². The average Bonchev–Trinajstić information content (AvgIpc) is 0.808. The largest absolute Gasteiger partial charge is 0.512 e. The van der Waals surface area contributed by atoms with Gasteiger partial charge in [-0.05, 0) is 141 Å². The van der Waals surface area contributed by atoms with E-state index in [-0.39, 0.29) is 197 Å². The number of benzene rings is 5. The van der Waals surface area contributed by atoms with E-state index in [4.69, 9.17) is 25.5 Å². The fourth-order valence-corrected chi connectivity index (χ4v) is 7.87. The predicted octanol–water partition coefficient (Wildman–Crippen LogP) is 19.8. The van der Waals surface area contributed by atoms with Crippen molar-refractivity contribution in [3.63, 3.8) is 0 Å². The third-order valence-electron chi connectivity index (χ3n) is 12.2. The molecule has 0 amide bonds. The van der Waals surface area contributed by atoms with E-state index in [1.165, 1.54) is 137 Å². The maximum atomic E-state index is 13.6. The molecule has 5 heterocycles. The summed E-state index contributed by atoms with van der Waals surface area (Å²) in [6, 6.07) is 40.4. The van der Waals surface area contributed by atoms with Crippen LogP contribution in [0.25, 0.3) is 56.3 Å². The number of allylic oxidation sites excluding steroid dienone is 10. The molecule has 0 spiro atoms. The molecule has 5 radical (unpaired) electrons. The Kier molecular flexibility index (Phi) is 61.8. The number of aliphatic hydroxyl groups excluding tert-OH is 5. The minimum Gasteiger partial charge on any atom is -0.512 e. The smallest absolute Gasteiger partial charge is 0.155 e. The molecule has 10 aromatic rings. The van der Waals surface area contributed by atoms with Crippen molar-refractivity contribution in [1.82, 2.24) is 30.2 Å². The van der Waals surface area contributed by atoms with Crippen LogP contribution in [0.5, 0.6) is 0 Å². The van der Waals surface area contributed by atoms with Gasteiger partial charge in [0, 0.05) is 203 Å². The van der Waals surface area contributed by atoms with Crippen LogP contribution in [0.2, 0.25) is 0 Å². The molecule has 0 unspecified atom stereocenters. The van der Waals surface area contributed by atoms with E-state index in [9.17, 15) is 81.0 Å². The molecule has 10 rings (SSSR count). The predicted molar refractivity (Wildman–Crippen MR) is 395 cm³/mol. The van der Waals surface area contributed by atoms with Crippen molar-refractivity contribution < 1.29 is 207 Å². The van der Waals surface area contributed by atoms with Crippen molar-refractivity contribution in [2.45, 2.75) is 82.7 Å². The van der Waals surface area contributed by atoms with Gasteiger partial charge in [-0.3, -0.25) is 67.9 Å². The Morgan fingerprint density at radius 3 is 0.949 bits per heavy atom. The molecule has 0 saturated carbocycles. The maximum Gasteiger partial charge on any atom is 0.155 e. The second-order valence-electron chi connectivity index (χ2n) is 22.3. The minimum absolute atomic E-state index is 0. The van der Waals surface area contributed by atoms with E-state index in [1.54, 1.807) is 85.3 Å². The van der Waals surface area contributed by atoms with Gasteiger partial charge in [-0.15, -0.1) is 48.5 Å². The maximum absolute atomic E-state index is 13.6. The molecule has 5 aromatic carbocycles. The Hall–Kier alpha value is -9.80. The van der Waals surface area contributed by atoms with Gasteiger partial charge in [-0.25, -0.2) is 13.2 Å².